The molecule has 0 fully saturated rings. The molecule has 3 aromatic carbocycles. The van der Waals surface area contributed by atoms with Crippen molar-refractivity contribution < 1.29 is 0 Å². The van der Waals surface area contributed by atoms with Crippen molar-refractivity contribution in [1.82, 2.24) is 15.3 Å². The van der Waals surface area contributed by atoms with E-state index in [1.165, 1.54) is 16.3 Å². The SMILES string of the molecule is CC(NCc1nc2cc(Cl)ccc2c(=O)[nH]1)c1ccc2ccccc2c1. The maximum absolute atomic E-state index is 12.2. The molecule has 4 rings (SSSR count). The highest BCUT2D eigenvalue weighted by atomic mass is 35.5. The first-order valence-corrected chi connectivity index (χ1v) is 8.88. The van der Waals surface area contributed by atoms with Gasteiger partial charge in [0.2, 0.25) is 0 Å². The molecule has 1 aromatic heterocycles. The fourth-order valence-corrected chi connectivity index (χ4v) is 3.26. The Morgan fingerprint density at radius 3 is 2.73 bits per heavy atom. The van der Waals surface area contributed by atoms with Crippen LogP contribution in [0.2, 0.25) is 5.02 Å². The number of aromatic amines is 1. The molecule has 130 valence electrons. The van der Waals surface area contributed by atoms with Crippen molar-refractivity contribution in [2.24, 2.45) is 0 Å². The molecule has 0 radical (unpaired) electrons. The highest BCUT2D eigenvalue weighted by molar-refractivity contribution is 6.31. The second-order valence-electron chi connectivity index (χ2n) is 6.38. The number of nitrogens with zero attached hydrogens (tertiary/aromatic N) is 1. The minimum Gasteiger partial charge on any atom is -0.309 e. The Bertz CT molecular complexity index is 1150. The fourth-order valence-electron chi connectivity index (χ4n) is 3.09. The molecule has 26 heavy (non-hydrogen) atoms. The van der Waals surface area contributed by atoms with Crippen molar-refractivity contribution in [3.63, 3.8) is 0 Å². The Morgan fingerprint density at radius 1 is 1.08 bits per heavy atom. The van der Waals surface area contributed by atoms with Gasteiger partial charge in [-0.3, -0.25) is 4.79 Å². The Labute approximate surface area is 155 Å². The number of fused-ring (bicyclic) bond motifs is 2. The van der Waals surface area contributed by atoms with Crippen LogP contribution < -0.4 is 10.9 Å². The van der Waals surface area contributed by atoms with Crippen LogP contribution in [0.3, 0.4) is 0 Å². The molecule has 0 saturated carbocycles. The molecule has 5 heteroatoms. The van der Waals surface area contributed by atoms with Crippen LogP contribution in [0.1, 0.15) is 24.4 Å². The highest BCUT2D eigenvalue weighted by Gasteiger charge is 2.09. The lowest BCUT2D eigenvalue weighted by Gasteiger charge is -2.15. The van der Waals surface area contributed by atoms with Crippen LogP contribution in [0, 0.1) is 0 Å². The summed E-state index contributed by atoms with van der Waals surface area (Å²) in [5.74, 6) is 0.595. The second kappa shape index (κ2) is 6.90. The largest absolute Gasteiger partial charge is 0.309 e. The first kappa shape index (κ1) is 16.8. The summed E-state index contributed by atoms with van der Waals surface area (Å²) in [7, 11) is 0. The Hall–Kier alpha value is -2.69. The van der Waals surface area contributed by atoms with Gasteiger partial charge < -0.3 is 10.3 Å². The predicted octanol–water partition coefficient (Wildman–Crippen LogP) is 4.58. The van der Waals surface area contributed by atoms with Gasteiger partial charge in [-0.15, -0.1) is 0 Å². The van der Waals surface area contributed by atoms with Gasteiger partial charge in [-0.1, -0.05) is 48.0 Å². The average molecular weight is 364 g/mol. The summed E-state index contributed by atoms with van der Waals surface area (Å²) in [5.41, 5.74) is 1.65. The van der Waals surface area contributed by atoms with Gasteiger partial charge in [-0.05, 0) is 47.5 Å². The quantitative estimate of drug-likeness (QED) is 0.558. The van der Waals surface area contributed by atoms with Crippen LogP contribution in [-0.4, -0.2) is 9.97 Å². The number of rotatable bonds is 4. The van der Waals surface area contributed by atoms with Crippen molar-refractivity contribution in [3.05, 3.63) is 87.4 Å². The van der Waals surface area contributed by atoms with Crippen molar-refractivity contribution in [2.45, 2.75) is 19.5 Å². The number of nitrogens with one attached hydrogen (secondary N) is 2. The molecule has 2 N–H and O–H groups in total. The van der Waals surface area contributed by atoms with Gasteiger partial charge in [0.15, 0.2) is 0 Å². The maximum Gasteiger partial charge on any atom is 0.258 e. The molecule has 1 atom stereocenters. The van der Waals surface area contributed by atoms with Crippen LogP contribution in [0.5, 0.6) is 0 Å². The van der Waals surface area contributed by atoms with E-state index in [1.807, 2.05) is 12.1 Å². The van der Waals surface area contributed by atoms with E-state index in [9.17, 15) is 4.79 Å². The molecular weight excluding hydrogens is 346 g/mol. The van der Waals surface area contributed by atoms with Crippen LogP contribution in [0.15, 0.2) is 65.5 Å². The molecule has 0 aliphatic carbocycles. The summed E-state index contributed by atoms with van der Waals surface area (Å²) in [5, 5.41) is 6.97. The summed E-state index contributed by atoms with van der Waals surface area (Å²) < 4.78 is 0. The van der Waals surface area contributed by atoms with E-state index in [0.717, 1.165) is 0 Å². The predicted molar refractivity (Wildman–Crippen MR) is 107 cm³/mol. The van der Waals surface area contributed by atoms with E-state index in [2.05, 4.69) is 52.5 Å². The molecule has 1 unspecified atom stereocenters. The molecule has 0 bridgehead atoms. The van der Waals surface area contributed by atoms with E-state index in [1.54, 1.807) is 18.2 Å². The van der Waals surface area contributed by atoms with E-state index < -0.39 is 0 Å². The van der Waals surface area contributed by atoms with Gasteiger partial charge in [0.1, 0.15) is 5.82 Å². The van der Waals surface area contributed by atoms with Gasteiger partial charge in [0.25, 0.3) is 5.56 Å². The Kier molecular flexibility index (Phi) is 4.45. The van der Waals surface area contributed by atoms with E-state index in [4.69, 9.17) is 11.6 Å². The summed E-state index contributed by atoms with van der Waals surface area (Å²) in [4.78, 5) is 19.5. The molecule has 4 aromatic rings. The molecule has 0 saturated heterocycles. The first-order chi connectivity index (χ1) is 12.6. The van der Waals surface area contributed by atoms with E-state index in [0.29, 0.717) is 28.3 Å². The number of aromatic nitrogens is 2. The van der Waals surface area contributed by atoms with Crippen LogP contribution in [0.4, 0.5) is 0 Å². The summed E-state index contributed by atoms with van der Waals surface area (Å²) in [6.07, 6.45) is 0. The third-order valence-corrected chi connectivity index (χ3v) is 4.80. The summed E-state index contributed by atoms with van der Waals surface area (Å²) in [6.45, 7) is 2.56. The van der Waals surface area contributed by atoms with Gasteiger partial charge in [-0.25, -0.2) is 4.98 Å². The minimum absolute atomic E-state index is 0.125. The van der Waals surface area contributed by atoms with E-state index in [-0.39, 0.29) is 11.6 Å². The van der Waals surface area contributed by atoms with Crippen LogP contribution in [0.25, 0.3) is 21.7 Å². The highest BCUT2D eigenvalue weighted by Crippen LogP contribution is 2.20. The van der Waals surface area contributed by atoms with Crippen molar-refractivity contribution >= 4 is 33.3 Å². The number of H-pyrrole nitrogens is 1. The molecule has 4 nitrogen and oxygen atoms in total. The van der Waals surface area contributed by atoms with Crippen molar-refractivity contribution in [2.75, 3.05) is 0 Å². The average Bonchev–Trinajstić information content (AvgIpc) is 2.65. The minimum atomic E-state index is -0.151. The molecule has 0 aliphatic heterocycles. The molecular formula is C21H18ClN3O. The molecule has 0 aliphatic rings. The molecule has 0 amide bonds. The van der Waals surface area contributed by atoms with Gasteiger partial charge in [-0.2, -0.15) is 0 Å². The lowest BCUT2D eigenvalue weighted by molar-refractivity contribution is 0.560. The van der Waals surface area contributed by atoms with Crippen LogP contribution >= 0.6 is 11.6 Å². The Morgan fingerprint density at radius 2 is 1.88 bits per heavy atom. The third-order valence-electron chi connectivity index (χ3n) is 4.57. The topological polar surface area (TPSA) is 57.8 Å². The first-order valence-electron chi connectivity index (χ1n) is 8.51. The monoisotopic (exact) mass is 363 g/mol. The summed E-state index contributed by atoms with van der Waals surface area (Å²) in [6, 6.07) is 19.9. The molecule has 1 heterocycles. The second-order valence-corrected chi connectivity index (χ2v) is 6.82. The molecule has 0 spiro atoms. The van der Waals surface area contributed by atoms with Crippen LogP contribution in [-0.2, 0) is 6.54 Å². The summed E-state index contributed by atoms with van der Waals surface area (Å²) >= 11 is 6.01. The van der Waals surface area contributed by atoms with Gasteiger partial charge in [0.05, 0.1) is 17.4 Å². The zero-order chi connectivity index (χ0) is 18.1. The van der Waals surface area contributed by atoms with Crippen molar-refractivity contribution in [3.8, 4) is 0 Å². The maximum atomic E-state index is 12.2. The lowest BCUT2D eigenvalue weighted by atomic mass is 10.0. The smallest absolute Gasteiger partial charge is 0.258 e. The standard InChI is InChI=1S/C21H18ClN3O/c1-13(15-7-6-14-4-2-3-5-16(14)10-15)23-12-20-24-19-11-17(22)8-9-18(19)21(26)25-20/h2-11,13,23H,12H2,1H3,(H,24,25,26). The van der Waals surface area contributed by atoms with Gasteiger partial charge >= 0.3 is 0 Å². The van der Waals surface area contributed by atoms with Gasteiger partial charge in [0, 0.05) is 11.1 Å². The van der Waals surface area contributed by atoms with Crippen molar-refractivity contribution in [1.29, 1.82) is 0 Å². The Balaban J connectivity index is 1.55. The number of halogens is 1. The zero-order valence-corrected chi connectivity index (χ0v) is 15.0. The van der Waals surface area contributed by atoms with E-state index >= 15 is 0 Å². The third kappa shape index (κ3) is 3.34. The normalized spacial score (nSPS) is 12.5. The fraction of sp³-hybridized carbons (Fsp3) is 0.143. The number of hydrogen-bond donors (Lipinski definition) is 2. The number of hydrogen-bond acceptors (Lipinski definition) is 3. The zero-order valence-electron chi connectivity index (χ0n) is 14.3. The number of benzene rings is 3. The lowest BCUT2D eigenvalue weighted by Crippen LogP contribution is -2.22.